The Morgan fingerprint density at radius 1 is 1.32 bits per heavy atom. The molecule has 9 heteroatoms. The quantitative estimate of drug-likeness (QED) is 0.661. The Morgan fingerprint density at radius 3 is 2.74 bits per heavy atom. The summed E-state index contributed by atoms with van der Waals surface area (Å²) >= 11 is 2.86. The van der Waals surface area contributed by atoms with Gasteiger partial charge in [-0.05, 0) is 6.26 Å². The molecule has 3 aromatic heterocycles. The lowest BCUT2D eigenvalue weighted by Crippen LogP contribution is -2.20. The minimum absolute atomic E-state index is 0.209. The predicted molar refractivity (Wildman–Crippen MR) is 72.5 cm³/mol. The molecule has 0 amide bonds. The van der Waals surface area contributed by atoms with E-state index < -0.39 is 0 Å². The second-order valence-electron chi connectivity index (χ2n) is 3.77. The normalized spacial score (nSPS) is 11.3. The zero-order valence-electron chi connectivity index (χ0n) is 10.4. The molecule has 0 spiro atoms. The number of aryl methyl sites for hydroxylation is 1. The molecule has 0 N–H and O–H groups in total. The third kappa shape index (κ3) is 1.94. The molecular formula is C10H9N5O2S2. The Kier molecular flexibility index (Phi) is 2.86. The summed E-state index contributed by atoms with van der Waals surface area (Å²) in [4.78, 5) is 25.6. The van der Waals surface area contributed by atoms with E-state index in [1.54, 1.807) is 14.0 Å². The molecule has 3 heterocycles. The van der Waals surface area contributed by atoms with Crippen LogP contribution in [0.25, 0.3) is 22.0 Å². The number of aromatic nitrogens is 5. The van der Waals surface area contributed by atoms with Crippen molar-refractivity contribution in [3.63, 3.8) is 0 Å². The molecule has 0 unspecified atom stereocenters. The van der Waals surface area contributed by atoms with Crippen molar-refractivity contribution in [3.05, 3.63) is 16.2 Å². The molecule has 0 aliphatic heterocycles. The van der Waals surface area contributed by atoms with Gasteiger partial charge in [0.1, 0.15) is 0 Å². The summed E-state index contributed by atoms with van der Waals surface area (Å²) < 4.78 is 7.11. The fourth-order valence-electron chi connectivity index (χ4n) is 1.61. The molecule has 0 aromatic carbocycles. The van der Waals surface area contributed by atoms with Crippen molar-refractivity contribution in [1.82, 2.24) is 24.7 Å². The van der Waals surface area contributed by atoms with Crippen LogP contribution in [0.2, 0.25) is 0 Å². The van der Waals surface area contributed by atoms with E-state index in [0.717, 1.165) is 4.34 Å². The lowest BCUT2D eigenvalue weighted by Gasteiger charge is -2.01. The molecule has 0 aliphatic carbocycles. The molecule has 0 bridgehead atoms. The SMILES string of the molecule is CSc1nc2c(=O)n(C)c(-c3noc(C)n3)nc2s1. The van der Waals surface area contributed by atoms with Gasteiger partial charge in [0.05, 0.1) is 0 Å². The summed E-state index contributed by atoms with van der Waals surface area (Å²) in [5.74, 6) is 1.11. The van der Waals surface area contributed by atoms with Gasteiger partial charge in [0, 0.05) is 14.0 Å². The highest BCUT2D eigenvalue weighted by Crippen LogP contribution is 2.26. The van der Waals surface area contributed by atoms with E-state index in [0.29, 0.717) is 27.9 Å². The molecule has 0 atom stereocenters. The number of fused-ring (bicyclic) bond motifs is 1. The summed E-state index contributed by atoms with van der Waals surface area (Å²) in [7, 11) is 1.62. The average Bonchev–Trinajstić information content (AvgIpc) is 2.99. The van der Waals surface area contributed by atoms with Crippen LogP contribution in [-0.4, -0.2) is 30.9 Å². The third-order valence-electron chi connectivity index (χ3n) is 2.52. The minimum Gasteiger partial charge on any atom is -0.339 e. The maximum absolute atomic E-state index is 12.2. The van der Waals surface area contributed by atoms with Crippen LogP contribution in [0.15, 0.2) is 13.7 Å². The lowest BCUT2D eigenvalue weighted by atomic mass is 10.4. The van der Waals surface area contributed by atoms with Crippen molar-refractivity contribution in [1.29, 1.82) is 0 Å². The summed E-state index contributed by atoms with van der Waals surface area (Å²) in [5, 5.41) is 3.79. The summed E-state index contributed by atoms with van der Waals surface area (Å²) in [6.07, 6.45) is 1.91. The van der Waals surface area contributed by atoms with Crippen molar-refractivity contribution in [2.45, 2.75) is 11.3 Å². The first-order valence-electron chi connectivity index (χ1n) is 5.32. The summed E-state index contributed by atoms with van der Waals surface area (Å²) in [6, 6.07) is 0. The van der Waals surface area contributed by atoms with Crippen LogP contribution < -0.4 is 5.56 Å². The van der Waals surface area contributed by atoms with Crippen LogP contribution in [0.4, 0.5) is 0 Å². The van der Waals surface area contributed by atoms with Crippen LogP contribution in [0.3, 0.4) is 0 Å². The highest BCUT2D eigenvalue weighted by Gasteiger charge is 2.17. The fourth-order valence-corrected chi connectivity index (χ4v) is 3.03. The van der Waals surface area contributed by atoms with Crippen molar-refractivity contribution < 1.29 is 4.52 Å². The van der Waals surface area contributed by atoms with Gasteiger partial charge in [0.25, 0.3) is 5.56 Å². The van der Waals surface area contributed by atoms with Gasteiger partial charge in [0.15, 0.2) is 20.5 Å². The van der Waals surface area contributed by atoms with Crippen molar-refractivity contribution in [2.24, 2.45) is 7.05 Å². The van der Waals surface area contributed by atoms with Gasteiger partial charge >= 0.3 is 0 Å². The van der Waals surface area contributed by atoms with Crippen LogP contribution in [0, 0.1) is 6.92 Å². The molecule has 98 valence electrons. The van der Waals surface area contributed by atoms with Gasteiger partial charge in [0.2, 0.25) is 11.7 Å². The van der Waals surface area contributed by atoms with E-state index in [9.17, 15) is 4.79 Å². The monoisotopic (exact) mass is 295 g/mol. The molecular weight excluding hydrogens is 286 g/mol. The molecule has 0 saturated carbocycles. The largest absolute Gasteiger partial charge is 0.339 e. The topological polar surface area (TPSA) is 86.7 Å². The maximum Gasteiger partial charge on any atom is 0.281 e. The Hall–Kier alpha value is -1.74. The van der Waals surface area contributed by atoms with Crippen molar-refractivity contribution in [3.8, 4) is 11.6 Å². The van der Waals surface area contributed by atoms with Gasteiger partial charge in [-0.25, -0.2) is 9.97 Å². The summed E-state index contributed by atoms with van der Waals surface area (Å²) in [5.41, 5.74) is 0.166. The number of rotatable bonds is 2. The van der Waals surface area contributed by atoms with E-state index in [1.165, 1.54) is 27.7 Å². The third-order valence-corrected chi connectivity index (χ3v) is 4.46. The number of hydrogen-bond donors (Lipinski definition) is 0. The molecule has 0 saturated heterocycles. The highest BCUT2D eigenvalue weighted by atomic mass is 32.2. The molecule has 3 rings (SSSR count). The summed E-state index contributed by atoms with van der Waals surface area (Å²) in [6.45, 7) is 1.69. The number of thioether (sulfide) groups is 1. The highest BCUT2D eigenvalue weighted by molar-refractivity contribution is 8.00. The zero-order valence-corrected chi connectivity index (χ0v) is 12.0. The van der Waals surface area contributed by atoms with E-state index in [2.05, 4.69) is 20.1 Å². The number of nitrogens with zero attached hydrogens (tertiary/aromatic N) is 5. The molecule has 0 radical (unpaired) electrons. The first-order chi connectivity index (χ1) is 9.10. The van der Waals surface area contributed by atoms with Crippen LogP contribution in [0.1, 0.15) is 5.89 Å². The van der Waals surface area contributed by atoms with E-state index in [-0.39, 0.29) is 5.56 Å². The fraction of sp³-hybridized carbons (Fsp3) is 0.300. The molecule has 3 aromatic rings. The second-order valence-corrected chi connectivity index (χ2v) is 5.81. The zero-order chi connectivity index (χ0) is 13.6. The van der Waals surface area contributed by atoms with Gasteiger partial charge in [-0.3, -0.25) is 9.36 Å². The standard InChI is InChI=1S/C10H9N5O2S2/c1-4-11-6(14-17-4)7-13-8-5(9(16)15(7)2)12-10(18-3)19-8/h1-3H3. The molecule has 19 heavy (non-hydrogen) atoms. The van der Waals surface area contributed by atoms with Crippen molar-refractivity contribution >= 4 is 33.4 Å². The van der Waals surface area contributed by atoms with Crippen LogP contribution >= 0.6 is 23.1 Å². The predicted octanol–water partition coefficient (Wildman–Crippen LogP) is 1.47. The smallest absolute Gasteiger partial charge is 0.281 e. The second kappa shape index (κ2) is 4.42. The van der Waals surface area contributed by atoms with Crippen LogP contribution in [0.5, 0.6) is 0 Å². The Labute approximate surface area is 115 Å². The van der Waals surface area contributed by atoms with Gasteiger partial charge < -0.3 is 4.52 Å². The van der Waals surface area contributed by atoms with Crippen molar-refractivity contribution in [2.75, 3.05) is 6.26 Å². The molecule has 7 nitrogen and oxygen atoms in total. The maximum atomic E-state index is 12.2. The lowest BCUT2D eigenvalue weighted by molar-refractivity contribution is 0.394. The van der Waals surface area contributed by atoms with E-state index >= 15 is 0 Å². The Balaban J connectivity index is 2.31. The van der Waals surface area contributed by atoms with Crippen LogP contribution in [-0.2, 0) is 7.05 Å². The molecule has 0 aliphatic rings. The number of thiazole rings is 1. The molecule has 0 fully saturated rings. The minimum atomic E-state index is -0.209. The van der Waals surface area contributed by atoms with Gasteiger partial charge in [-0.2, -0.15) is 4.98 Å². The average molecular weight is 295 g/mol. The Morgan fingerprint density at radius 2 is 2.11 bits per heavy atom. The first-order valence-corrected chi connectivity index (χ1v) is 7.36. The number of hydrogen-bond acceptors (Lipinski definition) is 8. The van der Waals surface area contributed by atoms with Gasteiger partial charge in [-0.15, -0.1) is 0 Å². The van der Waals surface area contributed by atoms with E-state index in [4.69, 9.17) is 4.52 Å². The Bertz CT molecular complexity index is 819. The first kappa shape index (κ1) is 12.3. The van der Waals surface area contributed by atoms with Gasteiger partial charge in [-0.1, -0.05) is 28.3 Å². The van der Waals surface area contributed by atoms with E-state index in [1.807, 2.05) is 6.26 Å².